The van der Waals surface area contributed by atoms with Gasteiger partial charge in [0.2, 0.25) is 0 Å². The van der Waals surface area contributed by atoms with Crippen molar-refractivity contribution in [3.05, 3.63) is 59.4 Å². The van der Waals surface area contributed by atoms with E-state index in [2.05, 4.69) is 4.98 Å². The molecule has 17 heavy (non-hydrogen) atoms. The van der Waals surface area contributed by atoms with E-state index in [0.29, 0.717) is 13.2 Å². The lowest BCUT2D eigenvalue weighted by Gasteiger charge is -2.10. The van der Waals surface area contributed by atoms with Crippen LogP contribution < -0.4 is 10.5 Å². The van der Waals surface area contributed by atoms with Crippen LogP contribution in [-0.2, 0) is 13.2 Å². The summed E-state index contributed by atoms with van der Waals surface area (Å²) in [5.74, 6) is 0.890. The number of aryl methyl sites for hydroxylation is 1. The first kappa shape index (κ1) is 11.6. The number of hydrogen-bond donors (Lipinski definition) is 1. The van der Waals surface area contributed by atoms with E-state index in [1.807, 2.05) is 43.3 Å². The molecular weight excluding hydrogens is 212 g/mol. The van der Waals surface area contributed by atoms with Gasteiger partial charge in [-0.25, -0.2) is 0 Å². The van der Waals surface area contributed by atoms with E-state index in [1.165, 1.54) is 0 Å². The van der Waals surface area contributed by atoms with Gasteiger partial charge in [0.25, 0.3) is 0 Å². The van der Waals surface area contributed by atoms with Crippen LogP contribution in [0.25, 0.3) is 0 Å². The Labute approximate surface area is 101 Å². The molecule has 3 nitrogen and oxygen atoms in total. The maximum Gasteiger partial charge on any atom is 0.131 e. The summed E-state index contributed by atoms with van der Waals surface area (Å²) in [4.78, 5) is 4.29. The topological polar surface area (TPSA) is 48.1 Å². The molecule has 0 atom stereocenters. The van der Waals surface area contributed by atoms with Crippen molar-refractivity contribution in [1.82, 2.24) is 4.98 Å². The third-order valence-electron chi connectivity index (χ3n) is 2.66. The summed E-state index contributed by atoms with van der Waals surface area (Å²) in [6.45, 7) is 2.97. The van der Waals surface area contributed by atoms with Crippen LogP contribution >= 0.6 is 0 Å². The van der Waals surface area contributed by atoms with Crippen LogP contribution in [0.2, 0.25) is 0 Å². The minimum atomic E-state index is 0.457. The SMILES string of the molecule is Cc1ccccc1OCc1ncccc1CN. The standard InChI is InChI=1S/C14H16N2O/c1-11-5-2-3-7-14(11)17-10-13-12(9-15)6-4-8-16-13/h2-8H,9-10,15H2,1H3. The van der Waals surface area contributed by atoms with Crippen LogP contribution in [0.3, 0.4) is 0 Å². The molecule has 2 aromatic rings. The van der Waals surface area contributed by atoms with Gasteiger partial charge in [0.1, 0.15) is 12.4 Å². The number of pyridine rings is 1. The molecule has 2 rings (SSSR count). The zero-order chi connectivity index (χ0) is 12.1. The molecule has 0 aliphatic carbocycles. The van der Waals surface area contributed by atoms with Crippen molar-refractivity contribution in [3.8, 4) is 5.75 Å². The van der Waals surface area contributed by atoms with Crippen LogP contribution in [0.1, 0.15) is 16.8 Å². The minimum Gasteiger partial charge on any atom is -0.487 e. The molecule has 0 saturated heterocycles. The van der Waals surface area contributed by atoms with Gasteiger partial charge in [-0.1, -0.05) is 24.3 Å². The fraction of sp³-hybridized carbons (Fsp3) is 0.214. The Hall–Kier alpha value is -1.87. The second-order valence-electron chi connectivity index (χ2n) is 3.87. The summed E-state index contributed by atoms with van der Waals surface area (Å²) < 4.78 is 5.75. The lowest BCUT2D eigenvalue weighted by atomic mass is 10.2. The fourth-order valence-electron chi connectivity index (χ4n) is 1.65. The molecular formula is C14H16N2O. The molecule has 1 heterocycles. The largest absolute Gasteiger partial charge is 0.487 e. The number of nitrogens with zero attached hydrogens (tertiary/aromatic N) is 1. The first-order chi connectivity index (χ1) is 8.31. The lowest BCUT2D eigenvalue weighted by molar-refractivity contribution is 0.298. The van der Waals surface area contributed by atoms with Gasteiger partial charge in [-0.2, -0.15) is 0 Å². The second-order valence-corrected chi connectivity index (χ2v) is 3.87. The van der Waals surface area contributed by atoms with Crippen molar-refractivity contribution in [3.63, 3.8) is 0 Å². The number of ether oxygens (including phenoxy) is 1. The van der Waals surface area contributed by atoms with Crippen molar-refractivity contribution in [2.75, 3.05) is 0 Å². The molecule has 3 heteroatoms. The monoisotopic (exact) mass is 228 g/mol. The molecule has 0 radical (unpaired) electrons. The molecule has 88 valence electrons. The summed E-state index contributed by atoms with van der Waals surface area (Å²) in [5.41, 5.74) is 8.71. The zero-order valence-corrected chi connectivity index (χ0v) is 9.89. The van der Waals surface area contributed by atoms with Crippen LogP contribution in [0.5, 0.6) is 5.75 Å². The summed E-state index contributed by atoms with van der Waals surface area (Å²) in [6, 6.07) is 11.8. The Balaban J connectivity index is 2.10. The van der Waals surface area contributed by atoms with Crippen molar-refractivity contribution in [2.45, 2.75) is 20.1 Å². The minimum absolute atomic E-state index is 0.457. The second kappa shape index (κ2) is 5.46. The molecule has 0 fully saturated rings. The molecule has 0 unspecified atom stereocenters. The van der Waals surface area contributed by atoms with Crippen LogP contribution in [0.4, 0.5) is 0 Å². The Morgan fingerprint density at radius 1 is 1.18 bits per heavy atom. The van der Waals surface area contributed by atoms with Crippen molar-refractivity contribution in [1.29, 1.82) is 0 Å². The smallest absolute Gasteiger partial charge is 0.131 e. The first-order valence-electron chi connectivity index (χ1n) is 5.62. The average molecular weight is 228 g/mol. The van der Waals surface area contributed by atoms with Gasteiger partial charge >= 0.3 is 0 Å². The molecule has 0 aliphatic heterocycles. The van der Waals surface area contributed by atoms with E-state index < -0.39 is 0 Å². The molecule has 0 spiro atoms. The highest BCUT2D eigenvalue weighted by molar-refractivity contribution is 5.32. The predicted octanol–water partition coefficient (Wildman–Crippen LogP) is 2.43. The Morgan fingerprint density at radius 2 is 2.00 bits per heavy atom. The van der Waals surface area contributed by atoms with Crippen molar-refractivity contribution >= 4 is 0 Å². The molecule has 2 N–H and O–H groups in total. The van der Waals surface area contributed by atoms with Gasteiger partial charge in [-0.3, -0.25) is 4.98 Å². The molecule has 0 aliphatic rings. The highest BCUT2D eigenvalue weighted by Crippen LogP contribution is 2.18. The van der Waals surface area contributed by atoms with E-state index in [-0.39, 0.29) is 0 Å². The summed E-state index contributed by atoms with van der Waals surface area (Å²) in [5, 5.41) is 0. The van der Waals surface area contributed by atoms with Crippen molar-refractivity contribution < 1.29 is 4.74 Å². The third kappa shape index (κ3) is 2.82. The highest BCUT2D eigenvalue weighted by Gasteiger charge is 2.03. The summed E-state index contributed by atoms with van der Waals surface area (Å²) in [6.07, 6.45) is 1.76. The molecule has 0 saturated carbocycles. The average Bonchev–Trinajstić information content (AvgIpc) is 2.38. The fourth-order valence-corrected chi connectivity index (χ4v) is 1.65. The van der Waals surface area contributed by atoms with E-state index in [4.69, 9.17) is 10.5 Å². The number of nitrogens with two attached hydrogens (primary N) is 1. The van der Waals surface area contributed by atoms with E-state index in [1.54, 1.807) is 6.20 Å². The Kier molecular flexibility index (Phi) is 3.73. The Morgan fingerprint density at radius 3 is 2.76 bits per heavy atom. The predicted molar refractivity (Wildman–Crippen MR) is 67.6 cm³/mol. The quantitative estimate of drug-likeness (QED) is 0.874. The highest BCUT2D eigenvalue weighted by atomic mass is 16.5. The van der Waals surface area contributed by atoms with Gasteiger partial charge in [0.05, 0.1) is 5.69 Å². The van der Waals surface area contributed by atoms with E-state index in [0.717, 1.165) is 22.6 Å². The molecule has 0 amide bonds. The van der Waals surface area contributed by atoms with Crippen LogP contribution in [0.15, 0.2) is 42.6 Å². The van der Waals surface area contributed by atoms with Crippen molar-refractivity contribution in [2.24, 2.45) is 5.73 Å². The normalized spacial score (nSPS) is 10.2. The number of benzene rings is 1. The van der Waals surface area contributed by atoms with Gasteiger partial charge in [0, 0.05) is 12.7 Å². The number of para-hydroxylation sites is 1. The first-order valence-corrected chi connectivity index (χ1v) is 5.62. The number of aromatic nitrogens is 1. The third-order valence-corrected chi connectivity index (χ3v) is 2.66. The van der Waals surface area contributed by atoms with Gasteiger partial charge < -0.3 is 10.5 Å². The van der Waals surface area contributed by atoms with E-state index in [9.17, 15) is 0 Å². The molecule has 1 aromatic heterocycles. The van der Waals surface area contributed by atoms with Gasteiger partial charge in [0.15, 0.2) is 0 Å². The summed E-state index contributed by atoms with van der Waals surface area (Å²) >= 11 is 0. The maximum absolute atomic E-state index is 5.75. The molecule has 0 bridgehead atoms. The zero-order valence-electron chi connectivity index (χ0n) is 9.89. The lowest BCUT2D eigenvalue weighted by Crippen LogP contribution is -2.07. The van der Waals surface area contributed by atoms with Gasteiger partial charge in [-0.05, 0) is 30.2 Å². The van der Waals surface area contributed by atoms with Gasteiger partial charge in [-0.15, -0.1) is 0 Å². The maximum atomic E-state index is 5.75. The van der Waals surface area contributed by atoms with Crippen LogP contribution in [-0.4, -0.2) is 4.98 Å². The summed E-state index contributed by atoms with van der Waals surface area (Å²) in [7, 11) is 0. The molecule has 1 aromatic carbocycles. The van der Waals surface area contributed by atoms with E-state index >= 15 is 0 Å². The Bertz CT molecular complexity index is 497. The van der Waals surface area contributed by atoms with Crippen LogP contribution in [0, 0.1) is 6.92 Å². The number of rotatable bonds is 4. The number of hydrogen-bond acceptors (Lipinski definition) is 3.